The molecule has 0 spiro atoms. The van der Waals surface area contributed by atoms with Gasteiger partial charge in [-0.2, -0.15) is 0 Å². The molecule has 2 N–H and O–H groups in total. The number of aryl methyl sites for hydroxylation is 1. The summed E-state index contributed by atoms with van der Waals surface area (Å²) in [5, 5.41) is 15.5. The molecule has 1 unspecified atom stereocenters. The SMILES string of the molecule is CCOCCCNC(=NCc1nnc(C)n1C)NCC(C)Sc1ccccc1.I. The molecular weight excluding hydrogens is 499 g/mol. The fraction of sp³-hybridized carbons (Fsp3) is 0.550. The predicted octanol–water partition coefficient (Wildman–Crippen LogP) is 3.38. The van der Waals surface area contributed by atoms with Gasteiger partial charge in [0, 0.05) is 43.5 Å². The second kappa shape index (κ2) is 14.6. The highest BCUT2D eigenvalue weighted by molar-refractivity contribution is 14.0. The van der Waals surface area contributed by atoms with E-state index < -0.39 is 0 Å². The number of hydrogen-bond acceptors (Lipinski definition) is 5. The van der Waals surface area contributed by atoms with Crippen LogP contribution in [0.3, 0.4) is 0 Å². The fourth-order valence-electron chi connectivity index (χ4n) is 2.45. The zero-order valence-electron chi connectivity index (χ0n) is 17.7. The topological polar surface area (TPSA) is 76.4 Å². The summed E-state index contributed by atoms with van der Waals surface area (Å²) < 4.78 is 7.36. The summed E-state index contributed by atoms with van der Waals surface area (Å²) in [6.07, 6.45) is 0.936. The number of nitrogens with one attached hydrogen (secondary N) is 2. The Morgan fingerprint density at radius 3 is 2.66 bits per heavy atom. The molecule has 1 aromatic carbocycles. The van der Waals surface area contributed by atoms with Crippen LogP contribution in [0.25, 0.3) is 0 Å². The molecule has 0 aliphatic rings. The van der Waals surface area contributed by atoms with E-state index in [1.54, 1.807) is 0 Å². The Bertz CT molecular complexity index is 725. The number of halogens is 1. The van der Waals surface area contributed by atoms with Gasteiger partial charge in [0.2, 0.25) is 0 Å². The number of aliphatic imine (C=N–C) groups is 1. The van der Waals surface area contributed by atoms with Crippen LogP contribution in [0, 0.1) is 6.92 Å². The van der Waals surface area contributed by atoms with Crippen molar-refractivity contribution in [3.63, 3.8) is 0 Å². The maximum Gasteiger partial charge on any atom is 0.191 e. The zero-order valence-corrected chi connectivity index (χ0v) is 20.9. The summed E-state index contributed by atoms with van der Waals surface area (Å²) in [5.74, 6) is 2.52. The van der Waals surface area contributed by atoms with Crippen LogP contribution < -0.4 is 10.6 Å². The minimum absolute atomic E-state index is 0. The molecule has 2 aromatic rings. The second-order valence-corrected chi connectivity index (χ2v) is 8.00. The number of guanidine groups is 1. The first kappa shape index (κ1) is 25.7. The highest BCUT2D eigenvalue weighted by Crippen LogP contribution is 2.21. The van der Waals surface area contributed by atoms with Crippen LogP contribution in [-0.4, -0.2) is 52.3 Å². The molecule has 0 saturated carbocycles. The molecule has 0 fully saturated rings. The van der Waals surface area contributed by atoms with Crippen LogP contribution in [0.15, 0.2) is 40.2 Å². The van der Waals surface area contributed by atoms with E-state index in [1.165, 1.54) is 4.90 Å². The third kappa shape index (κ3) is 9.81. The van der Waals surface area contributed by atoms with Crippen molar-refractivity contribution in [2.45, 2.75) is 43.9 Å². The van der Waals surface area contributed by atoms with Crippen molar-refractivity contribution in [3.8, 4) is 0 Å². The number of hydrogen-bond donors (Lipinski definition) is 2. The molecule has 0 aliphatic carbocycles. The van der Waals surface area contributed by atoms with E-state index in [-0.39, 0.29) is 24.0 Å². The van der Waals surface area contributed by atoms with Gasteiger partial charge < -0.3 is 19.9 Å². The van der Waals surface area contributed by atoms with Crippen LogP contribution in [0.1, 0.15) is 31.9 Å². The van der Waals surface area contributed by atoms with Crippen molar-refractivity contribution in [1.29, 1.82) is 0 Å². The molecule has 1 atom stereocenters. The molecule has 0 amide bonds. The Morgan fingerprint density at radius 1 is 1.24 bits per heavy atom. The maximum atomic E-state index is 5.40. The Labute approximate surface area is 195 Å². The zero-order chi connectivity index (χ0) is 20.2. The lowest BCUT2D eigenvalue weighted by Crippen LogP contribution is -2.40. The number of aromatic nitrogens is 3. The average molecular weight is 532 g/mol. The van der Waals surface area contributed by atoms with Crippen molar-refractivity contribution in [1.82, 2.24) is 25.4 Å². The minimum Gasteiger partial charge on any atom is -0.382 e. The molecule has 0 radical (unpaired) electrons. The number of ether oxygens (including phenoxy) is 1. The van der Waals surface area contributed by atoms with Gasteiger partial charge in [0.1, 0.15) is 12.4 Å². The van der Waals surface area contributed by atoms with Crippen molar-refractivity contribution in [2.75, 3.05) is 26.3 Å². The summed E-state index contributed by atoms with van der Waals surface area (Å²) in [6.45, 7) is 9.77. The summed E-state index contributed by atoms with van der Waals surface area (Å²) in [7, 11) is 1.96. The molecule has 1 heterocycles. The molecule has 0 saturated heterocycles. The minimum atomic E-state index is 0. The third-order valence-electron chi connectivity index (χ3n) is 4.16. The Morgan fingerprint density at radius 2 is 2.00 bits per heavy atom. The van der Waals surface area contributed by atoms with Gasteiger partial charge in [0.15, 0.2) is 11.8 Å². The normalized spacial score (nSPS) is 12.3. The highest BCUT2D eigenvalue weighted by atomic mass is 127. The summed E-state index contributed by atoms with van der Waals surface area (Å²) in [6, 6.07) is 10.4. The molecule has 1 aromatic heterocycles. The molecule has 0 bridgehead atoms. The van der Waals surface area contributed by atoms with E-state index in [9.17, 15) is 0 Å². The molecule has 9 heteroatoms. The highest BCUT2D eigenvalue weighted by Gasteiger charge is 2.08. The standard InChI is InChI=1S/C20H32N6OS.HI/c1-5-27-13-9-12-21-20(23-15-19-25-24-17(3)26(19)4)22-14-16(2)28-18-10-7-6-8-11-18;/h6-8,10-11,16H,5,9,12-15H2,1-4H3,(H2,21,22,23);1H. The van der Waals surface area contributed by atoms with Gasteiger partial charge in [-0.1, -0.05) is 25.1 Å². The van der Waals surface area contributed by atoms with Gasteiger partial charge in [0.05, 0.1) is 0 Å². The number of thioether (sulfide) groups is 1. The maximum absolute atomic E-state index is 5.40. The molecule has 0 aliphatic heterocycles. The van der Waals surface area contributed by atoms with Crippen molar-refractivity contribution in [2.24, 2.45) is 12.0 Å². The predicted molar refractivity (Wildman–Crippen MR) is 131 cm³/mol. The van der Waals surface area contributed by atoms with Gasteiger partial charge >= 0.3 is 0 Å². The average Bonchev–Trinajstić information content (AvgIpc) is 3.02. The van der Waals surface area contributed by atoms with Crippen LogP contribution in [0.5, 0.6) is 0 Å². The van der Waals surface area contributed by atoms with E-state index >= 15 is 0 Å². The van der Waals surface area contributed by atoms with Crippen molar-refractivity contribution < 1.29 is 4.74 Å². The number of nitrogens with zero attached hydrogens (tertiary/aromatic N) is 4. The molecule has 7 nitrogen and oxygen atoms in total. The largest absolute Gasteiger partial charge is 0.382 e. The van der Waals surface area contributed by atoms with E-state index in [2.05, 4.69) is 57.0 Å². The van der Waals surface area contributed by atoms with Crippen molar-refractivity contribution >= 4 is 41.7 Å². The van der Waals surface area contributed by atoms with Gasteiger partial charge in [-0.15, -0.1) is 45.9 Å². The van der Waals surface area contributed by atoms with Crippen LogP contribution >= 0.6 is 35.7 Å². The van der Waals surface area contributed by atoms with Crippen LogP contribution in [0.4, 0.5) is 0 Å². The summed E-state index contributed by atoms with van der Waals surface area (Å²) in [5.41, 5.74) is 0. The van der Waals surface area contributed by atoms with Gasteiger partial charge in [-0.05, 0) is 32.4 Å². The first-order chi connectivity index (χ1) is 13.6. The van der Waals surface area contributed by atoms with Gasteiger partial charge in [0.25, 0.3) is 0 Å². The number of benzene rings is 1. The van der Waals surface area contributed by atoms with Crippen molar-refractivity contribution in [3.05, 3.63) is 42.0 Å². The molecular formula is C20H33IN6OS. The van der Waals surface area contributed by atoms with E-state index in [0.29, 0.717) is 11.8 Å². The van der Waals surface area contributed by atoms with Crippen LogP contribution in [0.2, 0.25) is 0 Å². The summed E-state index contributed by atoms with van der Waals surface area (Å²) in [4.78, 5) is 5.96. The lowest BCUT2D eigenvalue weighted by molar-refractivity contribution is 0.145. The second-order valence-electron chi connectivity index (χ2n) is 6.49. The monoisotopic (exact) mass is 532 g/mol. The fourth-order valence-corrected chi connectivity index (χ4v) is 3.40. The third-order valence-corrected chi connectivity index (χ3v) is 5.27. The quantitative estimate of drug-likeness (QED) is 0.152. The molecule has 162 valence electrons. The Hall–Kier alpha value is -1.33. The number of rotatable bonds is 11. The first-order valence-corrected chi connectivity index (χ1v) is 10.6. The van der Waals surface area contributed by atoms with Gasteiger partial charge in [-0.3, -0.25) is 0 Å². The Kier molecular flexibility index (Phi) is 13.0. The Balaban J connectivity index is 0.00000420. The lowest BCUT2D eigenvalue weighted by atomic mass is 10.4. The van der Waals surface area contributed by atoms with E-state index in [4.69, 9.17) is 4.74 Å². The van der Waals surface area contributed by atoms with E-state index in [1.807, 2.05) is 43.3 Å². The first-order valence-electron chi connectivity index (χ1n) is 9.76. The van der Waals surface area contributed by atoms with E-state index in [0.717, 1.165) is 50.3 Å². The molecule has 2 rings (SSSR count). The van der Waals surface area contributed by atoms with Crippen LogP contribution in [-0.2, 0) is 18.3 Å². The van der Waals surface area contributed by atoms with Gasteiger partial charge in [-0.25, -0.2) is 4.99 Å². The summed E-state index contributed by atoms with van der Waals surface area (Å²) >= 11 is 1.85. The smallest absolute Gasteiger partial charge is 0.191 e. The molecule has 29 heavy (non-hydrogen) atoms. The lowest BCUT2D eigenvalue weighted by Gasteiger charge is -2.16.